The Morgan fingerprint density at radius 3 is 2.55 bits per heavy atom. The van der Waals surface area contributed by atoms with Crippen molar-refractivity contribution < 1.29 is 8.42 Å². The maximum absolute atomic E-state index is 13.0. The van der Waals surface area contributed by atoms with Crippen molar-refractivity contribution in [3.8, 4) is 0 Å². The second kappa shape index (κ2) is 6.11. The molecule has 6 heteroatoms. The maximum atomic E-state index is 13.0. The highest BCUT2D eigenvalue weighted by molar-refractivity contribution is 7.89. The summed E-state index contributed by atoms with van der Waals surface area (Å²) in [5.74, 6) is 0.248. The van der Waals surface area contributed by atoms with Gasteiger partial charge in [0.2, 0.25) is 10.0 Å². The van der Waals surface area contributed by atoms with Crippen LogP contribution in [0, 0.1) is 5.41 Å². The summed E-state index contributed by atoms with van der Waals surface area (Å²) in [6, 6.07) is 5.26. The van der Waals surface area contributed by atoms with Crippen LogP contribution in [0.1, 0.15) is 45.6 Å². The predicted octanol–water partition coefficient (Wildman–Crippen LogP) is 3.21. The number of hydrogen-bond acceptors (Lipinski definition) is 3. The zero-order valence-electron chi connectivity index (χ0n) is 13.6. The number of hydrogen-bond donors (Lipinski definition) is 1. The molecule has 1 aliphatic heterocycles. The number of nitrogens with two attached hydrogens (primary N) is 1. The van der Waals surface area contributed by atoms with E-state index in [0.29, 0.717) is 19.5 Å². The molecule has 0 radical (unpaired) electrons. The molecule has 1 unspecified atom stereocenters. The first-order chi connectivity index (χ1) is 10.1. The number of sulfonamides is 1. The number of rotatable bonds is 3. The van der Waals surface area contributed by atoms with Crippen molar-refractivity contribution in [3.05, 3.63) is 28.8 Å². The Morgan fingerprint density at radius 1 is 1.36 bits per heavy atom. The molecule has 2 N–H and O–H groups in total. The smallest absolute Gasteiger partial charge is 0.244 e. The average Bonchev–Trinajstić information content (AvgIpc) is 2.41. The zero-order chi connectivity index (χ0) is 16.7. The van der Waals surface area contributed by atoms with E-state index in [1.54, 1.807) is 12.1 Å². The Hall–Kier alpha value is -0.620. The lowest BCUT2D eigenvalue weighted by Crippen LogP contribution is -2.53. The second-order valence-electron chi connectivity index (χ2n) is 7.07. The molecule has 1 saturated heterocycles. The van der Waals surface area contributed by atoms with Gasteiger partial charge in [-0.3, -0.25) is 0 Å². The molecule has 0 bridgehead atoms. The molecule has 1 aromatic carbocycles. The first kappa shape index (κ1) is 17.7. The van der Waals surface area contributed by atoms with Crippen LogP contribution in [0.2, 0.25) is 5.02 Å². The van der Waals surface area contributed by atoms with Gasteiger partial charge in [-0.15, -0.1) is 0 Å². The Bertz CT molecular complexity index is 656. The van der Waals surface area contributed by atoms with Gasteiger partial charge in [0.05, 0.1) is 5.02 Å². The lowest BCUT2D eigenvalue weighted by molar-refractivity contribution is 0.155. The molecule has 1 aromatic rings. The lowest BCUT2D eigenvalue weighted by atomic mass is 9.81. The Labute approximate surface area is 138 Å². The van der Waals surface area contributed by atoms with E-state index in [-0.39, 0.29) is 27.3 Å². The summed E-state index contributed by atoms with van der Waals surface area (Å²) in [5.41, 5.74) is 6.83. The van der Waals surface area contributed by atoms with Crippen molar-refractivity contribution >= 4 is 21.6 Å². The zero-order valence-corrected chi connectivity index (χ0v) is 15.2. The number of piperidine rings is 1. The van der Waals surface area contributed by atoms with Crippen LogP contribution >= 0.6 is 11.6 Å². The van der Waals surface area contributed by atoms with Crippen LogP contribution in [-0.4, -0.2) is 31.9 Å². The van der Waals surface area contributed by atoms with Crippen LogP contribution in [0.3, 0.4) is 0 Å². The SMILES string of the molecule is CC(C)c1ccc(Cl)c(S(=O)(=O)N2CCC(N)C(C)(C)C2)c1. The topological polar surface area (TPSA) is 63.4 Å². The number of halogens is 1. The van der Waals surface area contributed by atoms with Crippen molar-refractivity contribution in [2.75, 3.05) is 13.1 Å². The molecule has 1 aliphatic rings. The van der Waals surface area contributed by atoms with Crippen molar-refractivity contribution in [1.82, 2.24) is 4.31 Å². The second-order valence-corrected chi connectivity index (χ2v) is 9.38. The van der Waals surface area contributed by atoms with E-state index < -0.39 is 10.0 Å². The Kier molecular flexibility index (Phi) is 4.93. The fourth-order valence-corrected chi connectivity index (χ4v) is 4.88. The monoisotopic (exact) mass is 344 g/mol. The van der Waals surface area contributed by atoms with E-state index in [1.165, 1.54) is 4.31 Å². The van der Waals surface area contributed by atoms with Crippen molar-refractivity contribution in [2.45, 2.75) is 51.0 Å². The Balaban J connectivity index is 2.41. The van der Waals surface area contributed by atoms with Crippen molar-refractivity contribution in [3.63, 3.8) is 0 Å². The van der Waals surface area contributed by atoms with Gasteiger partial charge >= 0.3 is 0 Å². The first-order valence-electron chi connectivity index (χ1n) is 7.61. The molecule has 1 heterocycles. The van der Waals surface area contributed by atoms with Gasteiger partial charge in [0.25, 0.3) is 0 Å². The van der Waals surface area contributed by atoms with Crippen LogP contribution in [0.5, 0.6) is 0 Å². The van der Waals surface area contributed by atoms with E-state index in [1.807, 2.05) is 33.8 Å². The fraction of sp³-hybridized carbons (Fsp3) is 0.625. The minimum absolute atomic E-state index is 0.0106. The summed E-state index contributed by atoms with van der Waals surface area (Å²) in [7, 11) is -3.60. The van der Waals surface area contributed by atoms with Gasteiger partial charge in [0.15, 0.2) is 0 Å². The minimum atomic E-state index is -3.60. The highest BCUT2D eigenvalue weighted by atomic mass is 35.5. The van der Waals surface area contributed by atoms with Crippen LogP contribution in [0.15, 0.2) is 23.1 Å². The molecule has 1 fully saturated rings. The summed E-state index contributed by atoms with van der Waals surface area (Å²) < 4.78 is 27.5. The summed E-state index contributed by atoms with van der Waals surface area (Å²) in [6.45, 7) is 8.93. The van der Waals surface area contributed by atoms with Crippen molar-refractivity contribution in [2.24, 2.45) is 11.1 Å². The van der Waals surface area contributed by atoms with Gasteiger partial charge < -0.3 is 5.73 Å². The molecule has 0 aromatic heterocycles. The maximum Gasteiger partial charge on any atom is 0.244 e. The molecule has 2 rings (SSSR count). The quantitative estimate of drug-likeness (QED) is 0.915. The van der Waals surface area contributed by atoms with Crippen LogP contribution in [0.4, 0.5) is 0 Å². The van der Waals surface area contributed by atoms with Gasteiger partial charge in [0.1, 0.15) is 4.90 Å². The van der Waals surface area contributed by atoms with Crippen LogP contribution < -0.4 is 5.73 Å². The lowest BCUT2D eigenvalue weighted by Gasteiger charge is -2.41. The van der Waals surface area contributed by atoms with Gasteiger partial charge in [-0.2, -0.15) is 4.31 Å². The van der Waals surface area contributed by atoms with E-state index in [9.17, 15) is 8.42 Å². The molecule has 4 nitrogen and oxygen atoms in total. The van der Waals surface area contributed by atoms with Crippen molar-refractivity contribution in [1.29, 1.82) is 0 Å². The van der Waals surface area contributed by atoms with E-state index >= 15 is 0 Å². The number of nitrogens with zero attached hydrogens (tertiary/aromatic N) is 1. The summed E-state index contributed by atoms with van der Waals surface area (Å²) in [4.78, 5) is 0.201. The van der Waals surface area contributed by atoms with Crippen LogP contribution in [0.25, 0.3) is 0 Å². The minimum Gasteiger partial charge on any atom is -0.327 e. The van der Waals surface area contributed by atoms with Gasteiger partial charge in [-0.25, -0.2) is 8.42 Å². The summed E-state index contributed by atoms with van der Waals surface area (Å²) >= 11 is 6.17. The molecule has 0 spiro atoms. The standard InChI is InChI=1S/C16H25ClN2O2S/c1-11(2)12-5-6-13(17)14(9-12)22(20,21)19-8-7-15(18)16(3,4)10-19/h5-6,9,11,15H,7-8,10,18H2,1-4H3. The molecule has 1 atom stereocenters. The van der Waals surface area contributed by atoms with Gasteiger partial charge in [-0.05, 0) is 35.4 Å². The average molecular weight is 345 g/mol. The molecule has 124 valence electrons. The molecule has 0 amide bonds. The normalized spacial score (nSPS) is 23.0. The highest BCUT2D eigenvalue weighted by Crippen LogP contribution is 2.34. The highest BCUT2D eigenvalue weighted by Gasteiger charge is 2.39. The fourth-order valence-electron chi connectivity index (χ4n) is 2.75. The largest absolute Gasteiger partial charge is 0.327 e. The third-order valence-corrected chi connectivity index (χ3v) is 6.84. The van der Waals surface area contributed by atoms with Gasteiger partial charge in [0, 0.05) is 19.1 Å². The molecule has 0 saturated carbocycles. The molecular formula is C16H25ClN2O2S. The third kappa shape index (κ3) is 3.32. The predicted molar refractivity (Wildman–Crippen MR) is 90.7 cm³/mol. The first-order valence-corrected chi connectivity index (χ1v) is 9.42. The molecule has 22 heavy (non-hydrogen) atoms. The van der Waals surface area contributed by atoms with E-state index in [4.69, 9.17) is 17.3 Å². The van der Waals surface area contributed by atoms with Gasteiger partial charge in [-0.1, -0.05) is 45.4 Å². The molecule has 0 aliphatic carbocycles. The summed E-state index contributed by atoms with van der Waals surface area (Å²) in [5, 5.41) is 0.275. The third-order valence-electron chi connectivity index (χ3n) is 4.52. The van der Waals surface area contributed by atoms with E-state index in [2.05, 4.69) is 0 Å². The van der Waals surface area contributed by atoms with E-state index in [0.717, 1.165) is 5.56 Å². The molecular weight excluding hydrogens is 320 g/mol. The van der Waals surface area contributed by atoms with Crippen LogP contribution in [-0.2, 0) is 10.0 Å². The number of benzene rings is 1. The summed E-state index contributed by atoms with van der Waals surface area (Å²) in [6.07, 6.45) is 0.660. The Morgan fingerprint density at radius 2 is 2.00 bits per heavy atom.